The van der Waals surface area contributed by atoms with Gasteiger partial charge in [-0.15, -0.1) is 0 Å². The molecule has 0 spiro atoms. The molecule has 5 nitrogen and oxygen atoms in total. The van der Waals surface area contributed by atoms with E-state index in [2.05, 4.69) is 21.2 Å². The van der Waals surface area contributed by atoms with Gasteiger partial charge < -0.3 is 15.8 Å². The van der Waals surface area contributed by atoms with E-state index < -0.39 is 5.91 Å². The molecule has 18 heavy (non-hydrogen) atoms. The van der Waals surface area contributed by atoms with Crippen LogP contribution >= 0.6 is 27.5 Å². The molecule has 0 aromatic heterocycles. The Kier molecular flexibility index (Phi) is 6.11. The van der Waals surface area contributed by atoms with Crippen LogP contribution in [0.25, 0.3) is 0 Å². The van der Waals surface area contributed by atoms with Crippen molar-refractivity contribution in [2.45, 2.75) is 0 Å². The second-order valence-electron chi connectivity index (χ2n) is 3.40. The molecular formula is C11H12BrClN2O3. The van der Waals surface area contributed by atoms with Crippen LogP contribution in [0.1, 0.15) is 10.4 Å². The van der Waals surface area contributed by atoms with Crippen molar-refractivity contribution in [2.75, 3.05) is 19.8 Å². The quantitative estimate of drug-likeness (QED) is 0.770. The van der Waals surface area contributed by atoms with Crippen LogP contribution in [0, 0.1) is 0 Å². The molecule has 2 amide bonds. The Bertz CT molecular complexity index is 454. The van der Waals surface area contributed by atoms with E-state index in [1.807, 2.05) is 0 Å². The number of hydrogen-bond donors (Lipinski definition) is 2. The van der Waals surface area contributed by atoms with E-state index in [9.17, 15) is 9.59 Å². The predicted octanol–water partition coefficient (Wildman–Crippen LogP) is 1.33. The van der Waals surface area contributed by atoms with Crippen LogP contribution in [0.5, 0.6) is 0 Å². The van der Waals surface area contributed by atoms with Gasteiger partial charge in [0.1, 0.15) is 6.61 Å². The molecule has 0 fully saturated rings. The Morgan fingerprint density at radius 1 is 1.44 bits per heavy atom. The Hall–Kier alpha value is -1.11. The standard InChI is InChI=1S/C11H12BrClN2O3/c12-8-2-1-7(5-9(8)13)11(17)15-3-4-18-6-10(14)16/h1-2,5H,3-4,6H2,(H2,14,16)(H,15,17). The maximum absolute atomic E-state index is 11.7. The number of nitrogens with one attached hydrogen (secondary N) is 1. The maximum Gasteiger partial charge on any atom is 0.251 e. The largest absolute Gasteiger partial charge is 0.370 e. The summed E-state index contributed by atoms with van der Waals surface area (Å²) in [6.45, 7) is 0.360. The molecular weight excluding hydrogens is 323 g/mol. The number of halogens is 2. The second-order valence-corrected chi connectivity index (χ2v) is 4.67. The van der Waals surface area contributed by atoms with Crippen molar-refractivity contribution >= 4 is 39.3 Å². The van der Waals surface area contributed by atoms with Crippen LogP contribution in [0.2, 0.25) is 5.02 Å². The number of carbonyl (C=O) groups is 2. The third-order valence-corrected chi connectivity index (χ3v) is 3.19. The highest BCUT2D eigenvalue weighted by atomic mass is 79.9. The number of benzene rings is 1. The zero-order chi connectivity index (χ0) is 13.5. The predicted molar refractivity (Wildman–Crippen MR) is 71.5 cm³/mol. The van der Waals surface area contributed by atoms with Gasteiger partial charge in [-0.25, -0.2) is 0 Å². The molecule has 1 aromatic carbocycles. The van der Waals surface area contributed by atoms with Crippen molar-refractivity contribution in [2.24, 2.45) is 5.73 Å². The summed E-state index contributed by atoms with van der Waals surface area (Å²) in [7, 11) is 0. The lowest BCUT2D eigenvalue weighted by molar-refractivity contribution is -0.122. The first-order valence-electron chi connectivity index (χ1n) is 5.10. The summed E-state index contributed by atoms with van der Waals surface area (Å²) in [6.07, 6.45) is 0. The highest BCUT2D eigenvalue weighted by Gasteiger charge is 2.07. The van der Waals surface area contributed by atoms with Gasteiger partial charge in [0.05, 0.1) is 11.6 Å². The fourth-order valence-corrected chi connectivity index (χ4v) is 1.58. The zero-order valence-electron chi connectivity index (χ0n) is 9.41. The van der Waals surface area contributed by atoms with Crippen LogP contribution in [-0.4, -0.2) is 31.6 Å². The first kappa shape index (κ1) is 14.9. The van der Waals surface area contributed by atoms with Gasteiger partial charge >= 0.3 is 0 Å². The van der Waals surface area contributed by atoms with Crippen LogP contribution in [-0.2, 0) is 9.53 Å². The van der Waals surface area contributed by atoms with Gasteiger partial charge in [-0.1, -0.05) is 11.6 Å². The Morgan fingerprint density at radius 3 is 2.78 bits per heavy atom. The highest BCUT2D eigenvalue weighted by Crippen LogP contribution is 2.22. The molecule has 98 valence electrons. The Labute approximate surface area is 118 Å². The molecule has 0 aliphatic carbocycles. The normalized spacial score (nSPS) is 10.1. The molecule has 0 saturated heterocycles. The molecule has 3 N–H and O–H groups in total. The van der Waals surface area contributed by atoms with Crippen molar-refractivity contribution in [1.29, 1.82) is 0 Å². The molecule has 1 rings (SSSR count). The summed E-state index contributed by atoms with van der Waals surface area (Å²) >= 11 is 9.11. The Morgan fingerprint density at radius 2 is 2.17 bits per heavy atom. The molecule has 0 atom stereocenters. The lowest BCUT2D eigenvalue weighted by Gasteiger charge is -2.06. The second kappa shape index (κ2) is 7.35. The lowest BCUT2D eigenvalue weighted by atomic mass is 10.2. The minimum atomic E-state index is -0.541. The summed E-state index contributed by atoms with van der Waals surface area (Å²) < 4.78 is 5.63. The molecule has 7 heteroatoms. The lowest BCUT2D eigenvalue weighted by Crippen LogP contribution is -2.28. The minimum absolute atomic E-state index is 0.153. The van der Waals surface area contributed by atoms with Crippen LogP contribution in [0.3, 0.4) is 0 Å². The van der Waals surface area contributed by atoms with Gasteiger partial charge in [0, 0.05) is 16.6 Å². The summed E-state index contributed by atoms with van der Waals surface area (Å²) in [5.41, 5.74) is 5.34. The monoisotopic (exact) mass is 334 g/mol. The number of hydrogen-bond acceptors (Lipinski definition) is 3. The third-order valence-electron chi connectivity index (χ3n) is 1.96. The zero-order valence-corrected chi connectivity index (χ0v) is 11.8. The number of nitrogens with two attached hydrogens (primary N) is 1. The number of rotatable bonds is 6. The molecule has 0 heterocycles. The minimum Gasteiger partial charge on any atom is -0.370 e. The first-order valence-corrected chi connectivity index (χ1v) is 6.27. The van der Waals surface area contributed by atoms with Crippen molar-refractivity contribution in [1.82, 2.24) is 5.32 Å². The molecule has 0 bridgehead atoms. The third kappa shape index (κ3) is 5.03. The molecule has 0 saturated carbocycles. The van der Waals surface area contributed by atoms with Gasteiger partial charge in [-0.3, -0.25) is 9.59 Å². The molecule has 0 aliphatic rings. The van der Waals surface area contributed by atoms with E-state index in [4.69, 9.17) is 22.1 Å². The summed E-state index contributed by atoms with van der Waals surface area (Å²) in [6, 6.07) is 4.90. The van der Waals surface area contributed by atoms with E-state index in [1.54, 1.807) is 18.2 Å². The van der Waals surface area contributed by atoms with E-state index in [0.29, 0.717) is 17.1 Å². The SMILES string of the molecule is NC(=O)COCCNC(=O)c1ccc(Br)c(Cl)c1. The fourth-order valence-electron chi connectivity index (χ4n) is 1.15. The van der Waals surface area contributed by atoms with Gasteiger partial charge in [-0.05, 0) is 34.1 Å². The average Bonchev–Trinajstić information content (AvgIpc) is 2.31. The summed E-state index contributed by atoms with van der Waals surface area (Å²) in [4.78, 5) is 22.1. The van der Waals surface area contributed by atoms with Crippen molar-refractivity contribution in [3.05, 3.63) is 33.3 Å². The van der Waals surface area contributed by atoms with Gasteiger partial charge in [0.15, 0.2) is 0 Å². The smallest absolute Gasteiger partial charge is 0.251 e. The number of primary amides is 1. The van der Waals surface area contributed by atoms with Gasteiger partial charge in [0.2, 0.25) is 5.91 Å². The molecule has 1 aromatic rings. The highest BCUT2D eigenvalue weighted by molar-refractivity contribution is 9.10. The Balaban J connectivity index is 2.36. The number of amides is 2. The molecule has 0 unspecified atom stereocenters. The molecule has 0 radical (unpaired) electrons. The van der Waals surface area contributed by atoms with Crippen LogP contribution in [0.15, 0.2) is 22.7 Å². The first-order chi connectivity index (χ1) is 8.50. The van der Waals surface area contributed by atoms with Gasteiger partial charge in [0.25, 0.3) is 5.91 Å². The van der Waals surface area contributed by atoms with Crippen LogP contribution in [0.4, 0.5) is 0 Å². The van der Waals surface area contributed by atoms with E-state index in [1.165, 1.54) is 0 Å². The van der Waals surface area contributed by atoms with Crippen molar-refractivity contribution in [3.63, 3.8) is 0 Å². The van der Waals surface area contributed by atoms with E-state index in [-0.39, 0.29) is 19.1 Å². The van der Waals surface area contributed by atoms with E-state index >= 15 is 0 Å². The van der Waals surface area contributed by atoms with Crippen molar-refractivity contribution in [3.8, 4) is 0 Å². The fraction of sp³-hybridized carbons (Fsp3) is 0.273. The van der Waals surface area contributed by atoms with E-state index in [0.717, 1.165) is 4.47 Å². The number of carbonyl (C=O) groups excluding carboxylic acids is 2. The number of ether oxygens (including phenoxy) is 1. The van der Waals surface area contributed by atoms with Gasteiger partial charge in [-0.2, -0.15) is 0 Å². The summed E-state index contributed by atoms with van der Waals surface area (Å²) in [5, 5.41) is 3.09. The topological polar surface area (TPSA) is 81.4 Å². The van der Waals surface area contributed by atoms with Crippen LogP contribution < -0.4 is 11.1 Å². The van der Waals surface area contributed by atoms with Crippen molar-refractivity contribution < 1.29 is 14.3 Å². The summed E-state index contributed by atoms with van der Waals surface area (Å²) in [5.74, 6) is -0.798. The maximum atomic E-state index is 11.7. The molecule has 0 aliphatic heterocycles. The average molecular weight is 336 g/mol.